The van der Waals surface area contributed by atoms with Gasteiger partial charge >= 0.3 is 0 Å². The number of benzene rings is 2. The van der Waals surface area contributed by atoms with Crippen molar-refractivity contribution >= 4 is 35.0 Å². The van der Waals surface area contributed by atoms with E-state index in [-0.39, 0.29) is 11.7 Å². The second kappa shape index (κ2) is 7.48. The van der Waals surface area contributed by atoms with Gasteiger partial charge in [0.2, 0.25) is 5.91 Å². The van der Waals surface area contributed by atoms with E-state index in [2.05, 4.69) is 5.32 Å². The van der Waals surface area contributed by atoms with Crippen LogP contribution < -0.4 is 5.32 Å². The smallest absolute Gasteiger partial charge is 0.234 e. The molecule has 0 atom stereocenters. The molecule has 0 aliphatic carbocycles. The van der Waals surface area contributed by atoms with Crippen LogP contribution in [0.15, 0.2) is 42.5 Å². The monoisotopic (exact) mass is 323 g/mol. The van der Waals surface area contributed by atoms with Crippen molar-refractivity contribution in [2.45, 2.75) is 12.7 Å². The van der Waals surface area contributed by atoms with Gasteiger partial charge in [-0.05, 0) is 48.4 Å². The maximum absolute atomic E-state index is 13.0. The van der Waals surface area contributed by atoms with E-state index in [1.807, 2.05) is 24.3 Å². The van der Waals surface area contributed by atoms with Gasteiger partial charge in [0, 0.05) is 16.5 Å². The molecule has 1 amide bonds. The van der Waals surface area contributed by atoms with Crippen molar-refractivity contribution in [3.05, 3.63) is 64.4 Å². The van der Waals surface area contributed by atoms with Crippen molar-refractivity contribution in [2.24, 2.45) is 0 Å². The van der Waals surface area contributed by atoms with Crippen LogP contribution in [0.3, 0.4) is 0 Å². The lowest BCUT2D eigenvalue weighted by molar-refractivity contribution is -0.113. The van der Waals surface area contributed by atoms with Crippen LogP contribution in [0.25, 0.3) is 0 Å². The number of halogens is 2. The standard InChI is InChI=1S/C16H15ClFNOS/c1-11-8-14(18)6-7-15(11)19-16(20)10-21-9-12-2-4-13(17)5-3-12/h2-8H,9-10H2,1H3,(H,19,20). The van der Waals surface area contributed by atoms with Crippen LogP contribution in [0.5, 0.6) is 0 Å². The summed E-state index contributed by atoms with van der Waals surface area (Å²) in [6, 6.07) is 11.9. The number of carbonyl (C=O) groups excluding carboxylic acids is 1. The van der Waals surface area contributed by atoms with Gasteiger partial charge in [-0.2, -0.15) is 0 Å². The summed E-state index contributed by atoms with van der Waals surface area (Å²) < 4.78 is 13.0. The quantitative estimate of drug-likeness (QED) is 0.867. The number of rotatable bonds is 5. The third-order valence-corrected chi connectivity index (χ3v) is 4.13. The highest BCUT2D eigenvalue weighted by atomic mass is 35.5. The van der Waals surface area contributed by atoms with Crippen LogP contribution in [0.1, 0.15) is 11.1 Å². The van der Waals surface area contributed by atoms with E-state index < -0.39 is 0 Å². The zero-order chi connectivity index (χ0) is 15.2. The Kier molecular flexibility index (Phi) is 5.65. The minimum absolute atomic E-state index is 0.0938. The number of carbonyl (C=O) groups is 1. The molecule has 1 N–H and O–H groups in total. The van der Waals surface area contributed by atoms with E-state index in [0.29, 0.717) is 22.0 Å². The average molecular weight is 324 g/mol. The molecule has 0 aliphatic heterocycles. The van der Waals surface area contributed by atoms with Gasteiger partial charge < -0.3 is 5.32 Å². The zero-order valence-electron chi connectivity index (χ0n) is 11.5. The Hall–Kier alpha value is -1.52. The van der Waals surface area contributed by atoms with Crippen molar-refractivity contribution in [1.82, 2.24) is 0 Å². The van der Waals surface area contributed by atoms with Crippen LogP contribution in [0.2, 0.25) is 5.02 Å². The lowest BCUT2D eigenvalue weighted by atomic mass is 10.2. The molecule has 0 aromatic heterocycles. The molecule has 0 unspecified atom stereocenters. The summed E-state index contributed by atoms with van der Waals surface area (Å²) in [6.45, 7) is 1.76. The SMILES string of the molecule is Cc1cc(F)ccc1NC(=O)CSCc1ccc(Cl)cc1. The molecule has 2 aromatic carbocycles. The fourth-order valence-corrected chi connectivity index (χ4v) is 2.71. The summed E-state index contributed by atoms with van der Waals surface area (Å²) in [5.74, 6) is 0.693. The molecule has 0 saturated heterocycles. The van der Waals surface area contributed by atoms with Gasteiger partial charge in [-0.3, -0.25) is 4.79 Å². The highest BCUT2D eigenvalue weighted by Gasteiger charge is 2.06. The minimum Gasteiger partial charge on any atom is -0.325 e. The third-order valence-electron chi connectivity index (χ3n) is 2.88. The fraction of sp³-hybridized carbons (Fsp3) is 0.188. The molecule has 0 heterocycles. The Labute approximate surface area is 132 Å². The van der Waals surface area contributed by atoms with Crippen LogP contribution in [-0.2, 0) is 10.5 Å². The molecule has 0 radical (unpaired) electrons. The molecule has 21 heavy (non-hydrogen) atoms. The molecular formula is C16H15ClFNOS. The number of amides is 1. The Morgan fingerprint density at radius 2 is 1.95 bits per heavy atom. The first-order valence-corrected chi connectivity index (χ1v) is 7.96. The van der Waals surface area contributed by atoms with E-state index in [4.69, 9.17) is 11.6 Å². The molecule has 0 aliphatic rings. The Morgan fingerprint density at radius 1 is 1.24 bits per heavy atom. The average Bonchev–Trinajstić information content (AvgIpc) is 2.44. The van der Waals surface area contributed by atoms with Gasteiger partial charge in [0.25, 0.3) is 0 Å². The first kappa shape index (κ1) is 15.9. The van der Waals surface area contributed by atoms with Gasteiger partial charge in [0.05, 0.1) is 5.75 Å². The highest BCUT2D eigenvalue weighted by Crippen LogP contribution is 2.18. The van der Waals surface area contributed by atoms with E-state index in [1.165, 1.54) is 23.9 Å². The second-order valence-corrected chi connectivity index (χ2v) is 6.05. The van der Waals surface area contributed by atoms with Crippen LogP contribution in [0, 0.1) is 12.7 Å². The van der Waals surface area contributed by atoms with Crippen LogP contribution >= 0.6 is 23.4 Å². The summed E-state index contributed by atoms with van der Waals surface area (Å²) in [4.78, 5) is 11.8. The summed E-state index contributed by atoms with van der Waals surface area (Å²) in [7, 11) is 0. The van der Waals surface area contributed by atoms with Crippen molar-refractivity contribution in [3.63, 3.8) is 0 Å². The molecule has 2 rings (SSSR count). The zero-order valence-corrected chi connectivity index (χ0v) is 13.1. The predicted molar refractivity (Wildman–Crippen MR) is 87.4 cm³/mol. The van der Waals surface area contributed by atoms with Gasteiger partial charge in [-0.1, -0.05) is 23.7 Å². The predicted octanol–water partition coefficient (Wildman–Crippen LogP) is 4.66. The second-order valence-electron chi connectivity index (χ2n) is 4.63. The number of anilines is 1. The van der Waals surface area contributed by atoms with Crippen molar-refractivity contribution in [3.8, 4) is 0 Å². The molecule has 2 aromatic rings. The number of thioether (sulfide) groups is 1. The van der Waals surface area contributed by atoms with E-state index in [0.717, 1.165) is 11.3 Å². The Bertz CT molecular complexity index is 631. The van der Waals surface area contributed by atoms with E-state index >= 15 is 0 Å². The summed E-state index contributed by atoms with van der Waals surface area (Å²) in [6.07, 6.45) is 0. The lowest BCUT2D eigenvalue weighted by Crippen LogP contribution is -2.15. The van der Waals surface area contributed by atoms with Crippen LogP contribution in [0.4, 0.5) is 10.1 Å². The maximum Gasteiger partial charge on any atom is 0.234 e. The lowest BCUT2D eigenvalue weighted by Gasteiger charge is -2.08. The van der Waals surface area contributed by atoms with E-state index in [1.54, 1.807) is 13.0 Å². The normalized spacial score (nSPS) is 10.4. The number of hydrogen-bond donors (Lipinski definition) is 1. The Morgan fingerprint density at radius 3 is 2.62 bits per heavy atom. The van der Waals surface area contributed by atoms with Gasteiger partial charge in [-0.15, -0.1) is 11.8 Å². The van der Waals surface area contributed by atoms with E-state index in [9.17, 15) is 9.18 Å². The fourth-order valence-electron chi connectivity index (χ4n) is 1.80. The molecule has 5 heteroatoms. The summed E-state index contributed by atoms with van der Waals surface area (Å²) >= 11 is 7.33. The molecule has 0 fully saturated rings. The molecular weight excluding hydrogens is 309 g/mol. The van der Waals surface area contributed by atoms with Gasteiger partial charge in [0.1, 0.15) is 5.82 Å². The molecule has 0 bridgehead atoms. The maximum atomic E-state index is 13.0. The molecule has 0 saturated carbocycles. The van der Waals surface area contributed by atoms with Gasteiger partial charge in [-0.25, -0.2) is 4.39 Å². The molecule has 0 spiro atoms. The minimum atomic E-state index is -0.303. The summed E-state index contributed by atoms with van der Waals surface area (Å²) in [5, 5.41) is 3.49. The number of nitrogens with one attached hydrogen (secondary N) is 1. The van der Waals surface area contributed by atoms with Crippen molar-refractivity contribution < 1.29 is 9.18 Å². The molecule has 2 nitrogen and oxygen atoms in total. The first-order valence-electron chi connectivity index (χ1n) is 6.43. The number of hydrogen-bond acceptors (Lipinski definition) is 2. The van der Waals surface area contributed by atoms with Crippen molar-refractivity contribution in [2.75, 3.05) is 11.1 Å². The summed E-state index contributed by atoms with van der Waals surface area (Å²) in [5.41, 5.74) is 2.48. The highest BCUT2D eigenvalue weighted by molar-refractivity contribution is 7.99. The Balaban J connectivity index is 1.81. The topological polar surface area (TPSA) is 29.1 Å². The van der Waals surface area contributed by atoms with Gasteiger partial charge in [0.15, 0.2) is 0 Å². The third kappa shape index (κ3) is 5.06. The van der Waals surface area contributed by atoms with Crippen molar-refractivity contribution in [1.29, 1.82) is 0 Å². The number of aryl methyl sites for hydroxylation is 1. The van der Waals surface area contributed by atoms with Crippen LogP contribution in [-0.4, -0.2) is 11.7 Å². The molecule has 110 valence electrons. The largest absolute Gasteiger partial charge is 0.325 e. The first-order chi connectivity index (χ1) is 10.0.